The Bertz CT molecular complexity index is 583. The van der Waals surface area contributed by atoms with E-state index in [1.54, 1.807) is 30.3 Å². The highest BCUT2D eigenvalue weighted by molar-refractivity contribution is 5.94. The van der Waals surface area contributed by atoms with Gasteiger partial charge in [0, 0.05) is 18.8 Å². The molecule has 0 saturated carbocycles. The van der Waals surface area contributed by atoms with E-state index < -0.39 is 42.5 Å². The van der Waals surface area contributed by atoms with E-state index in [2.05, 4.69) is 5.32 Å². The van der Waals surface area contributed by atoms with Crippen LogP contribution in [0.25, 0.3) is 0 Å². The number of carbonyl (C=O) groups is 2. The van der Waals surface area contributed by atoms with Crippen molar-refractivity contribution in [1.29, 1.82) is 0 Å². The van der Waals surface area contributed by atoms with E-state index in [4.69, 9.17) is 5.11 Å². The molecule has 0 aliphatic carbocycles. The number of alkyl halides is 3. The third-order valence-corrected chi connectivity index (χ3v) is 4.05. The van der Waals surface area contributed by atoms with Crippen LogP contribution in [0.15, 0.2) is 30.3 Å². The van der Waals surface area contributed by atoms with Gasteiger partial charge in [-0.25, -0.2) is 0 Å². The van der Waals surface area contributed by atoms with Gasteiger partial charge in [-0.15, -0.1) is 12.4 Å². The van der Waals surface area contributed by atoms with E-state index in [1.807, 2.05) is 0 Å². The zero-order valence-electron chi connectivity index (χ0n) is 12.8. The van der Waals surface area contributed by atoms with Gasteiger partial charge in [0.25, 0.3) is 0 Å². The number of carboxylic acids is 1. The second kappa shape index (κ2) is 7.85. The molecule has 1 heterocycles. The van der Waals surface area contributed by atoms with Gasteiger partial charge in [-0.3, -0.25) is 14.5 Å². The van der Waals surface area contributed by atoms with Gasteiger partial charge in [0.2, 0.25) is 5.91 Å². The van der Waals surface area contributed by atoms with Crippen molar-refractivity contribution in [3.05, 3.63) is 30.3 Å². The topological polar surface area (TPSA) is 69.6 Å². The van der Waals surface area contributed by atoms with E-state index in [1.165, 1.54) is 11.8 Å². The number of nitrogens with zero attached hydrogens (tertiary/aromatic N) is 1. The highest BCUT2D eigenvalue weighted by atomic mass is 35.5. The van der Waals surface area contributed by atoms with Crippen LogP contribution in [0, 0.1) is 11.8 Å². The lowest BCUT2D eigenvalue weighted by atomic mass is 9.96. The van der Waals surface area contributed by atoms with Crippen LogP contribution in [0.3, 0.4) is 0 Å². The van der Waals surface area contributed by atoms with Crippen molar-refractivity contribution in [2.45, 2.75) is 19.1 Å². The maximum absolute atomic E-state index is 13.0. The Kier molecular flexibility index (Phi) is 6.62. The predicted octanol–water partition coefficient (Wildman–Crippen LogP) is 2.63. The largest absolute Gasteiger partial charge is 0.481 e. The molecule has 1 saturated heterocycles. The van der Waals surface area contributed by atoms with Gasteiger partial charge in [-0.05, 0) is 19.1 Å². The summed E-state index contributed by atoms with van der Waals surface area (Å²) in [6, 6.07) is 7.67. The number of carbonyl (C=O) groups excluding carboxylic acids is 1. The number of rotatable bonds is 4. The molecule has 0 aromatic heterocycles. The smallest absolute Gasteiger partial charge is 0.393 e. The van der Waals surface area contributed by atoms with Crippen LogP contribution in [0.5, 0.6) is 0 Å². The summed E-state index contributed by atoms with van der Waals surface area (Å²) in [5, 5.41) is 11.6. The van der Waals surface area contributed by atoms with Crippen molar-refractivity contribution in [3.63, 3.8) is 0 Å². The molecule has 1 aromatic rings. The summed E-state index contributed by atoms with van der Waals surface area (Å²) < 4.78 is 38.9. The van der Waals surface area contributed by atoms with Crippen molar-refractivity contribution in [1.82, 2.24) is 4.90 Å². The zero-order chi connectivity index (χ0) is 17.2. The molecule has 24 heavy (non-hydrogen) atoms. The summed E-state index contributed by atoms with van der Waals surface area (Å²) in [4.78, 5) is 24.5. The number of carboxylic acid groups (broad SMARTS) is 1. The molecule has 5 nitrogen and oxygen atoms in total. The van der Waals surface area contributed by atoms with Crippen molar-refractivity contribution in [2.75, 3.05) is 18.4 Å². The summed E-state index contributed by atoms with van der Waals surface area (Å²) in [5.74, 6) is -5.48. The van der Waals surface area contributed by atoms with E-state index in [9.17, 15) is 22.8 Å². The molecule has 1 unspecified atom stereocenters. The van der Waals surface area contributed by atoms with Crippen molar-refractivity contribution in [2.24, 2.45) is 11.8 Å². The van der Waals surface area contributed by atoms with E-state index in [0.29, 0.717) is 5.69 Å². The van der Waals surface area contributed by atoms with Gasteiger partial charge >= 0.3 is 12.1 Å². The Morgan fingerprint density at radius 2 is 1.83 bits per heavy atom. The number of aliphatic carboxylic acids is 1. The minimum Gasteiger partial charge on any atom is -0.481 e. The number of likely N-dealkylation sites (tertiary alicyclic amines) is 1. The molecule has 3 atom stereocenters. The number of hydrogen-bond donors (Lipinski definition) is 2. The monoisotopic (exact) mass is 366 g/mol. The van der Waals surface area contributed by atoms with Crippen LogP contribution in [-0.2, 0) is 9.59 Å². The van der Waals surface area contributed by atoms with Crippen molar-refractivity contribution >= 4 is 30.0 Å². The minimum absolute atomic E-state index is 0. The standard InChI is InChI=1S/C15H17F3N2O3.ClH/c1-9(13(21)19-10-5-3-2-4-6-10)20-7-11(14(22)23)12(8-20)15(16,17)18;/h2-6,9,11-12H,7-8H2,1H3,(H,19,21)(H,22,23);1H/t9?,11-,12-;/m1./s1. The molecular weight excluding hydrogens is 349 g/mol. The molecule has 0 radical (unpaired) electrons. The Morgan fingerprint density at radius 3 is 2.29 bits per heavy atom. The predicted molar refractivity (Wildman–Crippen MR) is 84.0 cm³/mol. The fraction of sp³-hybridized carbons (Fsp3) is 0.467. The normalized spacial score (nSPS) is 22.5. The Morgan fingerprint density at radius 1 is 1.25 bits per heavy atom. The number of nitrogens with one attached hydrogen (secondary N) is 1. The summed E-state index contributed by atoms with van der Waals surface area (Å²) >= 11 is 0. The summed E-state index contributed by atoms with van der Waals surface area (Å²) in [6.45, 7) is 0.669. The quantitative estimate of drug-likeness (QED) is 0.859. The molecular formula is C15H18ClF3N2O3. The molecule has 2 rings (SSSR count). The van der Waals surface area contributed by atoms with Crippen LogP contribution < -0.4 is 5.32 Å². The van der Waals surface area contributed by atoms with Crippen molar-refractivity contribution < 1.29 is 27.9 Å². The highest BCUT2D eigenvalue weighted by Crippen LogP contribution is 2.38. The first-order valence-electron chi connectivity index (χ1n) is 7.09. The molecule has 1 aromatic carbocycles. The van der Waals surface area contributed by atoms with Gasteiger partial charge in [0.1, 0.15) is 0 Å². The molecule has 1 amide bonds. The molecule has 0 bridgehead atoms. The van der Waals surface area contributed by atoms with Gasteiger partial charge in [0.15, 0.2) is 0 Å². The van der Waals surface area contributed by atoms with Gasteiger partial charge in [-0.1, -0.05) is 18.2 Å². The Labute approximate surface area is 143 Å². The van der Waals surface area contributed by atoms with E-state index in [0.717, 1.165) is 0 Å². The van der Waals surface area contributed by atoms with E-state index >= 15 is 0 Å². The van der Waals surface area contributed by atoms with Gasteiger partial charge in [-0.2, -0.15) is 13.2 Å². The molecule has 2 N–H and O–H groups in total. The third kappa shape index (κ3) is 4.61. The highest BCUT2D eigenvalue weighted by Gasteiger charge is 2.53. The average Bonchev–Trinajstić information content (AvgIpc) is 2.93. The maximum atomic E-state index is 13.0. The Hall–Kier alpha value is -1.80. The molecule has 9 heteroatoms. The number of hydrogen-bond acceptors (Lipinski definition) is 3. The van der Waals surface area contributed by atoms with Crippen LogP contribution in [-0.4, -0.2) is 47.2 Å². The number of benzene rings is 1. The number of amides is 1. The molecule has 1 aliphatic heterocycles. The lowest BCUT2D eigenvalue weighted by Crippen LogP contribution is -2.41. The lowest BCUT2D eigenvalue weighted by molar-refractivity contribution is -0.188. The van der Waals surface area contributed by atoms with Crippen molar-refractivity contribution in [3.8, 4) is 0 Å². The van der Waals surface area contributed by atoms with Crippen LogP contribution >= 0.6 is 12.4 Å². The van der Waals surface area contributed by atoms with Gasteiger partial charge in [0.05, 0.1) is 17.9 Å². The van der Waals surface area contributed by atoms with Crippen LogP contribution in [0.4, 0.5) is 18.9 Å². The van der Waals surface area contributed by atoms with Crippen LogP contribution in [0.1, 0.15) is 6.92 Å². The third-order valence-electron chi connectivity index (χ3n) is 4.05. The molecule has 134 valence electrons. The number of halogens is 4. The molecule has 1 aliphatic rings. The zero-order valence-corrected chi connectivity index (χ0v) is 13.6. The first kappa shape index (κ1) is 20.2. The summed E-state index contributed by atoms with van der Waals surface area (Å²) in [7, 11) is 0. The summed E-state index contributed by atoms with van der Waals surface area (Å²) in [5.41, 5.74) is 0.533. The maximum Gasteiger partial charge on any atom is 0.393 e. The Balaban J connectivity index is 0.00000288. The molecule has 1 fully saturated rings. The average molecular weight is 367 g/mol. The minimum atomic E-state index is -4.60. The van der Waals surface area contributed by atoms with E-state index in [-0.39, 0.29) is 19.0 Å². The lowest BCUT2D eigenvalue weighted by Gasteiger charge is -2.23. The first-order valence-corrected chi connectivity index (χ1v) is 7.09. The number of para-hydroxylation sites is 1. The summed E-state index contributed by atoms with van der Waals surface area (Å²) in [6.07, 6.45) is -4.60. The fourth-order valence-electron chi connectivity index (χ4n) is 2.67. The number of anilines is 1. The van der Waals surface area contributed by atoms with Gasteiger partial charge < -0.3 is 10.4 Å². The second-order valence-corrected chi connectivity index (χ2v) is 5.58. The SMILES string of the molecule is CC(C(=O)Nc1ccccc1)N1C[C@@H](C(F)(F)F)[C@H](C(=O)O)C1.Cl. The second-order valence-electron chi connectivity index (χ2n) is 5.58. The molecule has 0 spiro atoms. The fourth-order valence-corrected chi connectivity index (χ4v) is 2.67. The van der Waals surface area contributed by atoms with Crippen LogP contribution in [0.2, 0.25) is 0 Å². The first-order chi connectivity index (χ1) is 10.7.